The molecule has 1 N–H and O–H groups in total. The minimum atomic E-state index is -0.858. The standard InChI is InChI=1S/C22H24ClFN4O2/c1-4-22(14-26(5-2)21(29)28(22)25-3)30-20-13-27(17-9-7-16(24)8-10-17)19-12-15(23)6-11-18(19)20/h6-13,25H,4-5,14H2,1-3H3. The van der Waals surface area contributed by atoms with Crippen molar-refractivity contribution in [3.63, 3.8) is 0 Å². The Hall–Kier alpha value is -2.77. The molecule has 1 fully saturated rings. The molecule has 1 unspecified atom stereocenters. The number of nitrogens with zero attached hydrogens (tertiary/aromatic N) is 3. The van der Waals surface area contributed by atoms with Crippen molar-refractivity contribution in [1.29, 1.82) is 0 Å². The summed E-state index contributed by atoms with van der Waals surface area (Å²) < 4.78 is 21.9. The lowest BCUT2D eigenvalue weighted by Gasteiger charge is -2.35. The van der Waals surface area contributed by atoms with Crippen LogP contribution in [-0.4, -0.2) is 46.4 Å². The van der Waals surface area contributed by atoms with Crippen molar-refractivity contribution in [1.82, 2.24) is 19.9 Å². The number of aromatic nitrogens is 1. The highest BCUT2D eigenvalue weighted by atomic mass is 35.5. The molecule has 0 spiro atoms. The number of carbonyl (C=O) groups excluding carboxylic acids is 1. The molecule has 0 bridgehead atoms. The molecule has 0 radical (unpaired) electrons. The van der Waals surface area contributed by atoms with Crippen molar-refractivity contribution in [2.24, 2.45) is 0 Å². The summed E-state index contributed by atoms with van der Waals surface area (Å²) in [6, 6.07) is 11.7. The van der Waals surface area contributed by atoms with E-state index in [1.165, 1.54) is 12.1 Å². The summed E-state index contributed by atoms with van der Waals surface area (Å²) in [7, 11) is 1.71. The molecule has 3 aromatic rings. The van der Waals surface area contributed by atoms with Gasteiger partial charge in [-0.2, -0.15) is 0 Å². The van der Waals surface area contributed by atoms with E-state index in [-0.39, 0.29) is 11.8 Å². The average molecular weight is 431 g/mol. The lowest BCUT2D eigenvalue weighted by Crippen LogP contribution is -2.56. The molecule has 158 valence electrons. The maximum Gasteiger partial charge on any atom is 0.338 e. The number of hydrazine groups is 1. The van der Waals surface area contributed by atoms with Crippen molar-refractivity contribution in [2.45, 2.75) is 26.0 Å². The Bertz CT molecular complexity index is 1080. The first kappa shape index (κ1) is 20.5. The monoisotopic (exact) mass is 430 g/mol. The van der Waals surface area contributed by atoms with Gasteiger partial charge in [-0.3, -0.25) is 0 Å². The van der Waals surface area contributed by atoms with Gasteiger partial charge in [-0.1, -0.05) is 18.5 Å². The van der Waals surface area contributed by atoms with Crippen LogP contribution in [0.15, 0.2) is 48.7 Å². The van der Waals surface area contributed by atoms with Gasteiger partial charge in [0.15, 0.2) is 0 Å². The molecule has 2 amide bonds. The van der Waals surface area contributed by atoms with E-state index in [0.29, 0.717) is 30.3 Å². The largest absolute Gasteiger partial charge is 0.462 e. The van der Waals surface area contributed by atoms with Gasteiger partial charge in [0, 0.05) is 36.1 Å². The molecule has 30 heavy (non-hydrogen) atoms. The van der Waals surface area contributed by atoms with E-state index in [1.807, 2.05) is 36.7 Å². The molecule has 1 aromatic heterocycles. The van der Waals surface area contributed by atoms with Crippen LogP contribution in [0.3, 0.4) is 0 Å². The van der Waals surface area contributed by atoms with Crippen LogP contribution in [0.1, 0.15) is 20.3 Å². The zero-order chi connectivity index (χ0) is 21.5. The van der Waals surface area contributed by atoms with Gasteiger partial charge in [0.05, 0.1) is 18.3 Å². The van der Waals surface area contributed by atoms with Crippen LogP contribution in [0.4, 0.5) is 9.18 Å². The molecule has 0 aliphatic carbocycles. The van der Waals surface area contributed by atoms with E-state index in [0.717, 1.165) is 16.6 Å². The highest BCUT2D eigenvalue weighted by molar-refractivity contribution is 6.31. The van der Waals surface area contributed by atoms with Gasteiger partial charge in [-0.25, -0.2) is 19.6 Å². The van der Waals surface area contributed by atoms with E-state index < -0.39 is 5.72 Å². The lowest BCUT2D eigenvalue weighted by atomic mass is 10.1. The van der Waals surface area contributed by atoms with Crippen molar-refractivity contribution in [2.75, 3.05) is 20.1 Å². The summed E-state index contributed by atoms with van der Waals surface area (Å²) >= 11 is 6.26. The van der Waals surface area contributed by atoms with Crippen molar-refractivity contribution < 1.29 is 13.9 Å². The molecule has 2 aromatic carbocycles. The van der Waals surface area contributed by atoms with Crippen molar-refractivity contribution >= 4 is 28.5 Å². The zero-order valence-electron chi connectivity index (χ0n) is 17.2. The fraction of sp³-hybridized carbons (Fsp3) is 0.318. The topological polar surface area (TPSA) is 49.7 Å². The number of hydrogen-bond donors (Lipinski definition) is 1. The SMILES string of the molecule is CCN1CC(CC)(Oc2cn(-c3ccc(F)cc3)c3cc(Cl)ccc23)N(NC)C1=O. The molecule has 2 heterocycles. The molecule has 1 aliphatic rings. The number of likely N-dealkylation sites (N-methyl/N-ethyl adjacent to an activating group) is 1. The number of hydrogen-bond acceptors (Lipinski definition) is 3. The van der Waals surface area contributed by atoms with Gasteiger partial charge in [0.2, 0.25) is 5.72 Å². The van der Waals surface area contributed by atoms with E-state index in [4.69, 9.17) is 16.3 Å². The third kappa shape index (κ3) is 3.28. The van der Waals surface area contributed by atoms with Crippen LogP contribution in [0.2, 0.25) is 5.02 Å². The number of carbonyl (C=O) groups is 1. The minimum absolute atomic E-state index is 0.118. The molecule has 4 rings (SSSR count). The Morgan fingerprint density at radius 2 is 1.93 bits per heavy atom. The second kappa shape index (κ2) is 7.81. The Morgan fingerprint density at radius 3 is 2.57 bits per heavy atom. The Kier molecular flexibility index (Phi) is 5.34. The van der Waals surface area contributed by atoms with Crippen molar-refractivity contribution in [3.8, 4) is 11.4 Å². The van der Waals surface area contributed by atoms with Crippen LogP contribution >= 0.6 is 11.6 Å². The van der Waals surface area contributed by atoms with Gasteiger partial charge in [-0.15, -0.1) is 0 Å². The third-order valence-corrected chi connectivity index (χ3v) is 5.84. The first-order valence-electron chi connectivity index (χ1n) is 9.94. The Labute approximate surface area is 179 Å². The van der Waals surface area contributed by atoms with E-state index in [1.54, 1.807) is 35.2 Å². The summed E-state index contributed by atoms with van der Waals surface area (Å²) in [6.45, 7) is 4.97. The van der Waals surface area contributed by atoms with Crippen LogP contribution in [0.5, 0.6) is 5.75 Å². The number of halogens is 2. The fourth-order valence-electron chi connectivity index (χ4n) is 3.99. The first-order chi connectivity index (χ1) is 14.4. The second-order valence-corrected chi connectivity index (χ2v) is 7.70. The van der Waals surface area contributed by atoms with Gasteiger partial charge in [-0.05, 0) is 49.4 Å². The van der Waals surface area contributed by atoms with E-state index in [9.17, 15) is 9.18 Å². The quantitative estimate of drug-likeness (QED) is 0.611. The summed E-state index contributed by atoms with van der Waals surface area (Å²) in [5.41, 5.74) is 3.75. The molecule has 1 atom stereocenters. The summed E-state index contributed by atoms with van der Waals surface area (Å²) in [5.74, 6) is 0.322. The van der Waals surface area contributed by atoms with Crippen LogP contribution < -0.4 is 10.2 Å². The molecular weight excluding hydrogens is 407 g/mol. The normalized spacial score (nSPS) is 19.2. The molecule has 6 nitrogen and oxygen atoms in total. The second-order valence-electron chi connectivity index (χ2n) is 7.26. The number of fused-ring (bicyclic) bond motifs is 1. The van der Waals surface area contributed by atoms with Crippen LogP contribution in [-0.2, 0) is 0 Å². The number of nitrogens with one attached hydrogen (secondary N) is 1. The third-order valence-electron chi connectivity index (χ3n) is 5.60. The minimum Gasteiger partial charge on any atom is -0.462 e. The van der Waals surface area contributed by atoms with Gasteiger partial charge < -0.3 is 14.2 Å². The molecule has 8 heteroatoms. The molecule has 0 saturated carbocycles. The van der Waals surface area contributed by atoms with Gasteiger partial charge >= 0.3 is 6.03 Å². The van der Waals surface area contributed by atoms with Crippen LogP contribution in [0.25, 0.3) is 16.6 Å². The smallest absolute Gasteiger partial charge is 0.338 e. The van der Waals surface area contributed by atoms with E-state index in [2.05, 4.69) is 5.43 Å². The average Bonchev–Trinajstić information content (AvgIpc) is 3.23. The zero-order valence-corrected chi connectivity index (χ0v) is 17.9. The summed E-state index contributed by atoms with van der Waals surface area (Å²) in [6.07, 6.45) is 2.45. The number of ether oxygens (including phenoxy) is 1. The first-order valence-corrected chi connectivity index (χ1v) is 10.3. The summed E-state index contributed by atoms with van der Waals surface area (Å²) in [4.78, 5) is 14.5. The fourth-order valence-corrected chi connectivity index (χ4v) is 4.16. The number of amides is 2. The highest BCUT2D eigenvalue weighted by Gasteiger charge is 2.50. The van der Waals surface area contributed by atoms with Gasteiger partial charge in [0.1, 0.15) is 11.6 Å². The number of urea groups is 1. The predicted molar refractivity (Wildman–Crippen MR) is 115 cm³/mol. The maximum absolute atomic E-state index is 13.4. The molecule has 1 saturated heterocycles. The van der Waals surface area contributed by atoms with Crippen LogP contribution in [0, 0.1) is 5.82 Å². The van der Waals surface area contributed by atoms with Crippen molar-refractivity contribution in [3.05, 3.63) is 59.5 Å². The van der Waals surface area contributed by atoms with E-state index >= 15 is 0 Å². The van der Waals surface area contributed by atoms with Gasteiger partial charge in [0.25, 0.3) is 0 Å². The Morgan fingerprint density at radius 1 is 1.20 bits per heavy atom. The predicted octanol–water partition coefficient (Wildman–Crippen LogP) is 4.80. The highest BCUT2D eigenvalue weighted by Crippen LogP contribution is 2.38. The summed E-state index contributed by atoms with van der Waals surface area (Å²) in [5, 5.41) is 2.99. The number of benzene rings is 2. The number of rotatable bonds is 6. The lowest BCUT2D eigenvalue weighted by molar-refractivity contribution is -0.0547. The maximum atomic E-state index is 13.4. The molecule has 1 aliphatic heterocycles. The Balaban J connectivity index is 1.83. The molecular formula is C22H24ClFN4O2.